The second-order valence-corrected chi connectivity index (χ2v) is 6.83. The first-order chi connectivity index (χ1) is 12.4. The van der Waals surface area contributed by atoms with Gasteiger partial charge in [0, 0.05) is 24.6 Å². The highest BCUT2D eigenvalue weighted by Gasteiger charge is 2.17. The molecule has 0 amide bonds. The third-order valence-electron chi connectivity index (χ3n) is 4.42. The monoisotopic (exact) mass is 359 g/mol. The molecule has 0 aliphatic carbocycles. The van der Waals surface area contributed by atoms with Crippen molar-refractivity contribution in [2.24, 2.45) is 0 Å². The number of benzene rings is 1. The summed E-state index contributed by atoms with van der Waals surface area (Å²) in [5.41, 5.74) is 0.291. The van der Waals surface area contributed by atoms with Crippen LogP contribution in [0.4, 0.5) is 5.82 Å². The lowest BCUT2D eigenvalue weighted by Crippen LogP contribution is -2.36. The van der Waals surface area contributed by atoms with Crippen LogP contribution in [0.15, 0.2) is 39.9 Å². The Hall–Kier alpha value is -2.54. The van der Waals surface area contributed by atoms with Crippen LogP contribution in [0, 0.1) is 0 Å². The zero-order chi connectivity index (χ0) is 18.7. The Morgan fingerprint density at radius 1 is 1.23 bits per heavy atom. The van der Waals surface area contributed by atoms with Gasteiger partial charge in [-0.2, -0.15) is 0 Å². The van der Waals surface area contributed by atoms with Gasteiger partial charge in [0.25, 0.3) is 5.56 Å². The van der Waals surface area contributed by atoms with Crippen LogP contribution in [0.1, 0.15) is 44.8 Å². The zero-order valence-corrected chi connectivity index (χ0v) is 15.3. The number of hydrogen-bond donors (Lipinski definition) is 2. The predicted octanol–water partition coefficient (Wildman–Crippen LogP) is 2.46. The van der Waals surface area contributed by atoms with Crippen molar-refractivity contribution in [3.63, 3.8) is 0 Å². The van der Waals surface area contributed by atoms with E-state index in [2.05, 4.69) is 10.3 Å². The largest absolute Gasteiger partial charge is 0.488 e. The van der Waals surface area contributed by atoms with Crippen molar-refractivity contribution in [1.82, 2.24) is 9.55 Å². The number of aromatic nitrogens is 2. The molecule has 1 saturated heterocycles. The van der Waals surface area contributed by atoms with Gasteiger partial charge in [-0.1, -0.05) is 12.1 Å². The summed E-state index contributed by atoms with van der Waals surface area (Å²) in [6.45, 7) is 6.95. The Morgan fingerprint density at radius 3 is 2.54 bits per heavy atom. The highest BCUT2D eigenvalue weighted by Crippen LogP contribution is 2.22. The lowest BCUT2D eigenvalue weighted by Gasteiger charge is -2.17. The first-order valence-corrected chi connectivity index (χ1v) is 8.91. The molecule has 3 rings (SSSR count). The van der Waals surface area contributed by atoms with E-state index in [-0.39, 0.29) is 23.7 Å². The van der Waals surface area contributed by atoms with Crippen molar-refractivity contribution in [1.29, 1.82) is 0 Å². The van der Waals surface area contributed by atoms with Crippen molar-refractivity contribution >= 4 is 5.82 Å². The Balaban J connectivity index is 1.68. The molecule has 1 fully saturated rings. The van der Waals surface area contributed by atoms with Gasteiger partial charge in [0.05, 0.1) is 13.2 Å². The molecule has 26 heavy (non-hydrogen) atoms. The number of ether oxygens (including phenoxy) is 2. The number of nitrogens with zero attached hydrogens (tertiary/aromatic N) is 1. The van der Waals surface area contributed by atoms with E-state index >= 15 is 0 Å². The Morgan fingerprint density at radius 2 is 1.96 bits per heavy atom. The maximum absolute atomic E-state index is 12.1. The van der Waals surface area contributed by atoms with E-state index in [9.17, 15) is 9.59 Å². The molecule has 2 heterocycles. The van der Waals surface area contributed by atoms with E-state index in [0.717, 1.165) is 24.3 Å². The minimum Gasteiger partial charge on any atom is -0.488 e. The van der Waals surface area contributed by atoms with Gasteiger partial charge >= 0.3 is 5.69 Å². The van der Waals surface area contributed by atoms with Crippen LogP contribution >= 0.6 is 0 Å². The average Bonchev–Trinajstić information content (AvgIpc) is 3.07. The summed E-state index contributed by atoms with van der Waals surface area (Å²) in [6.07, 6.45) is 1.03. The van der Waals surface area contributed by atoms with E-state index in [4.69, 9.17) is 9.47 Å². The Kier molecular flexibility index (Phi) is 5.46. The van der Waals surface area contributed by atoms with Crippen molar-refractivity contribution < 1.29 is 9.47 Å². The number of aromatic amines is 1. The van der Waals surface area contributed by atoms with E-state index in [1.807, 2.05) is 31.2 Å². The molecule has 7 nitrogen and oxygen atoms in total. The maximum atomic E-state index is 12.1. The van der Waals surface area contributed by atoms with E-state index in [1.54, 1.807) is 13.8 Å². The number of H-pyrrole nitrogens is 1. The summed E-state index contributed by atoms with van der Waals surface area (Å²) in [7, 11) is 0. The summed E-state index contributed by atoms with van der Waals surface area (Å²) in [5, 5.41) is 3.17. The number of hydrogen-bond acceptors (Lipinski definition) is 5. The first-order valence-electron chi connectivity index (χ1n) is 8.91. The minimum absolute atomic E-state index is 0.0798. The quantitative estimate of drug-likeness (QED) is 0.827. The van der Waals surface area contributed by atoms with Crippen LogP contribution in [0.3, 0.4) is 0 Å². The van der Waals surface area contributed by atoms with Crippen molar-refractivity contribution in [3.8, 4) is 5.75 Å². The molecule has 1 aromatic heterocycles. The fourth-order valence-corrected chi connectivity index (χ4v) is 3.02. The molecule has 0 bridgehead atoms. The molecule has 0 unspecified atom stereocenters. The van der Waals surface area contributed by atoms with Crippen molar-refractivity contribution in [3.05, 3.63) is 56.7 Å². The molecule has 0 saturated carbocycles. The van der Waals surface area contributed by atoms with Crippen molar-refractivity contribution in [2.75, 3.05) is 18.5 Å². The van der Waals surface area contributed by atoms with Crippen LogP contribution in [0.5, 0.6) is 5.75 Å². The first kappa shape index (κ1) is 18.3. The minimum atomic E-state index is -0.412. The third-order valence-corrected chi connectivity index (χ3v) is 4.42. The zero-order valence-electron chi connectivity index (χ0n) is 15.3. The summed E-state index contributed by atoms with van der Waals surface area (Å²) < 4.78 is 12.4. The smallest absolute Gasteiger partial charge is 0.330 e. The van der Waals surface area contributed by atoms with Crippen LogP contribution in [-0.2, 0) is 4.74 Å². The number of anilines is 1. The standard InChI is InChI=1S/C19H25N3O4/c1-12(2)22-18(23)10-17(21-19(22)24)20-13(3)14-4-6-15(7-5-14)26-16-8-9-25-11-16/h4-7,10,12-13,16,20H,8-9,11H2,1-3H3,(H,21,24)/t13-,16+/m0/s1. The molecule has 2 atom stereocenters. The van der Waals surface area contributed by atoms with E-state index < -0.39 is 5.69 Å². The molecule has 0 radical (unpaired) electrons. The second-order valence-electron chi connectivity index (χ2n) is 6.83. The topological polar surface area (TPSA) is 85.3 Å². The molecule has 2 N–H and O–H groups in total. The van der Waals surface area contributed by atoms with E-state index in [0.29, 0.717) is 12.4 Å². The molecule has 1 aliphatic heterocycles. The van der Waals surface area contributed by atoms with Gasteiger partial charge in [0.1, 0.15) is 17.7 Å². The van der Waals surface area contributed by atoms with Crippen LogP contribution in [0.25, 0.3) is 0 Å². The highest BCUT2D eigenvalue weighted by molar-refractivity contribution is 5.38. The summed E-state index contributed by atoms with van der Waals surface area (Å²) in [5.74, 6) is 1.22. The molecule has 1 aliphatic rings. The van der Waals surface area contributed by atoms with Crippen LogP contribution in [-0.4, -0.2) is 28.9 Å². The maximum Gasteiger partial charge on any atom is 0.330 e. The second kappa shape index (κ2) is 7.78. The van der Waals surface area contributed by atoms with Gasteiger partial charge < -0.3 is 14.8 Å². The fraction of sp³-hybridized carbons (Fsp3) is 0.474. The van der Waals surface area contributed by atoms with Gasteiger partial charge in [-0.15, -0.1) is 0 Å². The molecular formula is C19H25N3O4. The average molecular weight is 359 g/mol. The molecule has 7 heteroatoms. The third kappa shape index (κ3) is 4.16. The molecule has 1 aromatic carbocycles. The predicted molar refractivity (Wildman–Crippen MR) is 100 cm³/mol. The lowest BCUT2D eigenvalue weighted by molar-refractivity contribution is 0.141. The fourth-order valence-electron chi connectivity index (χ4n) is 3.02. The molecular weight excluding hydrogens is 334 g/mol. The highest BCUT2D eigenvalue weighted by atomic mass is 16.5. The lowest BCUT2D eigenvalue weighted by atomic mass is 10.1. The number of nitrogens with one attached hydrogen (secondary N) is 2. The molecule has 2 aromatic rings. The van der Waals surface area contributed by atoms with Gasteiger partial charge in [0.15, 0.2) is 0 Å². The van der Waals surface area contributed by atoms with Crippen LogP contribution in [0.2, 0.25) is 0 Å². The van der Waals surface area contributed by atoms with Gasteiger partial charge in [-0.3, -0.25) is 14.3 Å². The summed E-state index contributed by atoms with van der Waals surface area (Å²) >= 11 is 0. The normalized spacial score (nSPS) is 18.1. The van der Waals surface area contributed by atoms with Crippen LogP contribution < -0.4 is 21.3 Å². The van der Waals surface area contributed by atoms with E-state index in [1.165, 1.54) is 10.6 Å². The Bertz CT molecular complexity index is 817. The SMILES string of the molecule is CC(C)n1c(=O)cc(N[C@@H](C)c2ccc(O[C@@H]3CCOC3)cc2)[nH]c1=O. The molecule has 0 spiro atoms. The summed E-state index contributed by atoms with van der Waals surface area (Å²) in [4.78, 5) is 26.9. The molecule has 140 valence electrons. The van der Waals surface area contributed by atoms with Gasteiger partial charge in [-0.25, -0.2) is 4.79 Å². The summed E-state index contributed by atoms with van der Waals surface area (Å²) in [6, 6.07) is 8.93. The Labute approximate surface area is 152 Å². The van der Waals surface area contributed by atoms with Gasteiger partial charge in [-0.05, 0) is 38.5 Å². The number of rotatable bonds is 6. The van der Waals surface area contributed by atoms with Crippen molar-refractivity contribution in [2.45, 2.75) is 45.4 Å². The van der Waals surface area contributed by atoms with Gasteiger partial charge in [0.2, 0.25) is 0 Å².